The van der Waals surface area contributed by atoms with Crippen molar-refractivity contribution in [2.24, 2.45) is 0 Å². The molecule has 0 saturated heterocycles. The van der Waals surface area contributed by atoms with E-state index in [0.29, 0.717) is 25.3 Å². The predicted octanol–water partition coefficient (Wildman–Crippen LogP) is 2.95. The van der Waals surface area contributed by atoms with Crippen LogP contribution < -0.4 is 20.9 Å². The van der Waals surface area contributed by atoms with Crippen molar-refractivity contribution in [3.8, 4) is 0 Å². The Hall–Kier alpha value is -2.77. The molecule has 0 saturated carbocycles. The molecule has 0 fully saturated rings. The van der Waals surface area contributed by atoms with Gasteiger partial charge in [-0.05, 0) is 38.5 Å². The van der Waals surface area contributed by atoms with Gasteiger partial charge in [0.1, 0.15) is 0 Å². The lowest BCUT2D eigenvalue weighted by Gasteiger charge is -2.22. The van der Waals surface area contributed by atoms with E-state index in [1.165, 1.54) is 18.1 Å². The van der Waals surface area contributed by atoms with E-state index in [1.807, 2.05) is 20.8 Å². The zero-order chi connectivity index (χ0) is 19.5. The number of benzene rings is 1. The van der Waals surface area contributed by atoms with Gasteiger partial charge in [-0.2, -0.15) is 0 Å². The molecule has 0 spiro atoms. The molecule has 0 bridgehead atoms. The van der Waals surface area contributed by atoms with Crippen molar-refractivity contribution >= 4 is 29.4 Å². The Morgan fingerprint density at radius 1 is 1.12 bits per heavy atom. The first-order chi connectivity index (χ1) is 12.5. The average Bonchev–Trinajstić information content (AvgIpc) is 2.62. The topological polar surface area (TPSA) is 99.8 Å². The summed E-state index contributed by atoms with van der Waals surface area (Å²) in [4.78, 5) is 37.7. The number of esters is 1. The lowest BCUT2D eigenvalue weighted by atomic mass is 10.1. The summed E-state index contributed by atoms with van der Waals surface area (Å²) < 4.78 is 4.77. The Morgan fingerprint density at radius 2 is 1.85 bits per heavy atom. The van der Waals surface area contributed by atoms with Crippen LogP contribution in [-0.4, -0.2) is 44.8 Å². The lowest BCUT2D eigenvalue weighted by molar-refractivity contribution is 0.0602. The summed E-state index contributed by atoms with van der Waals surface area (Å²) in [6, 6.07) is 4.10. The largest absolute Gasteiger partial charge is 0.465 e. The number of methoxy groups -OCH3 is 1. The number of carbonyl (C=O) groups excluding carboxylic acids is 3. The van der Waals surface area contributed by atoms with Crippen LogP contribution in [0.15, 0.2) is 18.2 Å². The SMILES string of the molecule is CCCCNC(=O)Nc1cc(N(CC)C(=O)NCC)ccc1C(=O)OC. The Balaban J connectivity index is 3.11. The molecule has 8 nitrogen and oxygen atoms in total. The Morgan fingerprint density at radius 3 is 2.42 bits per heavy atom. The summed E-state index contributed by atoms with van der Waals surface area (Å²) in [7, 11) is 1.27. The van der Waals surface area contributed by atoms with Crippen LogP contribution in [0.5, 0.6) is 0 Å². The van der Waals surface area contributed by atoms with Crippen LogP contribution in [0, 0.1) is 0 Å². The summed E-state index contributed by atoms with van der Waals surface area (Å²) in [6.45, 7) is 7.18. The molecule has 26 heavy (non-hydrogen) atoms. The van der Waals surface area contributed by atoms with Crippen molar-refractivity contribution in [2.75, 3.05) is 37.0 Å². The molecule has 0 aliphatic heterocycles. The van der Waals surface area contributed by atoms with Crippen LogP contribution in [0.25, 0.3) is 0 Å². The zero-order valence-electron chi connectivity index (χ0n) is 15.8. The van der Waals surface area contributed by atoms with Crippen LogP contribution in [0.3, 0.4) is 0 Å². The van der Waals surface area contributed by atoms with Gasteiger partial charge in [-0.25, -0.2) is 14.4 Å². The number of rotatable bonds is 8. The number of anilines is 2. The van der Waals surface area contributed by atoms with E-state index in [4.69, 9.17) is 4.74 Å². The van der Waals surface area contributed by atoms with Gasteiger partial charge >= 0.3 is 18.0 Å². The standard InChI is InChI=1S/C18H28N4O4/c1-5-8-11-20-17(24)21-15-12-13(9-10-14(15)16(23)26-4)22(7-3)18(25)19-6-2/h9-10,12H,5-8,11H2,1-4H3,(H,19,25)(H2,20,21,24). The smallest absolute Gasteiger partial charge is 0.339 e. The second kappa shape index (κ2) is 11.0. The highest BCUT2D eigenvalue weighted by Crippen LogP contribution is 2.25. The van der Waals surface area contributed by atoms with Gasteiger partial charge in [-0.3, -0.25) is 4.90 Å². The molecule has 1 aromatic rings. The fraction of sp³-hybridized carbons (Fsp3) is 0.500. The number of hydrogen-bond acceptors (Lipinski definition) is 4. The summed E-state index contributed by atoms with van der Waals surface area (Å²) >= 11 is 0. The summed E-state index contributed by atoms with van der Waals surface area (Å²) in [6.07, 6.45) is 1.82. The molecular weight excluding hydrogens is 336 g/mol. The Labute approximate surface area is 154 Å². The van der Waals surface area contributed by atoms with E-state index < -0.39 is 12.0 Å². The van der Waals surface area contributed by atoms with Gasteiger partial charge in [0, 0.05) is 25.3 Å². The average molecular weight is 364 g/mol. The maximum absolute atomic E-state index is 12.2. The van der Waals surface area contributed by atoms with E-state index in [-0.39, 0.29) is 17.3 Å². The fourth-order valence-electron chi connectivity index (χ4n) is 2.33. The van der Waals surface area contributed by atoms with Gasteiger partial charge in [0.15, 0.2) is 0 Å². The van der Waals surface area contributed by atoms with Gasteiger partial charge in [0.25, 0.3) is 0 Å². The number of urea groups is 2. The lowest BCUT2D eigenvalue weighted by Crippen LogP contribution is -2.40. The third-order valence-corrected chi connectivity index (χ3v) is 3.67. The maximum atomic E-state index is 12.2. The third-order valence-electron chi connectivity index (χ3n) is 3.67. The zero-order valence-corrected chi connectivity index (χ0v) is 15.8. The Kier molecular flexibility index (Phi) is 8.97. The minimum absolute atomic E-state index is 0.217. The fourth-order valence-corrected chi connectivity index (χ4v) is 2.33. The van der Waals surface area contributed by atoms with Crippen LogP contribution >= 0.6 is 0 Å². The molecule has 3 N–H and O–H groups in total. The van der Waals surface area contributed by atoms with Crippen LogP contribution in [-0.2, 0) is 4.74 Å². The van der Waals surface area contributed by atoms with Gasteiger partial charge in [0.05, 0.1) is 18.4 Å². The van der Waals surface area contributed by atoms with Gasteiger partial charge in [-0.15, -0.1) is 0 Å². The second-order valence-electron chi connectivity index (χ2n) is 5.54. The first-order valence-electron chi connectivity index (χ1n) is 8.80. The third kappa shape index (κ3) is 5.94. The summed E-state index contributed by atoms with van der Waals surface area (Å²) in [5.74, 6) is -0.568. The van der Waals surface area contributed by atoms with Crippen molar-refractivity contribution in [1.29, 1.82) is 0 Å². The van der Waals surface area contributed by atoms with Crippen molar-refractivity contribution in [2.45, 2.75) is 33.6 Å². The molecule has 0 aliphatic carbocycles. The molecule has 1 rings (SSSR count). The molecule has 0 heterocycles. The number of ether oxygens (including phenoxy) is 1. The van der Waals surface area contributed by atoms with Gasteiger partial charge in [-0.1, -0.05) is 13.3 Å². The van der Waals surface area contributed by atoms with E-state index in [9.17, 15) is 14.4 Å². The van der Waals surface area contributed by atoms with Gasteiger partial charge < -0.3 is 20.7 Å². The number of unbranched alkanes of at least 4 members (excludes halogenated alkanes) is 1. The van der Waals surface area contributed by atoms with Crippen molar-refractivity contribution in [3.63, 3.8) is 0 Å². The molecule has 1 aromatic carbocycles. The van der Waals surface area contributed by atoms with Crippen LogP contribution in [0.1, 0.15) is 44.0 Å². The van der Waals surface area contributed by atoms with Crippen LogP contribution in [0.4, 0.5) is 21.0 Å². The van der Waals surface area contributed by atoms with E-state index in [2.05, 4.69) is 16.0 Å². The van der Waals surface area contributed by atoms with E-state index >= 15 is 0 Å². The number of nitrogens with zero attached hydrogens (tertiary/aromatic N) is 1. The van der Waals surface area contributed by atoms with Crippen molar-refractivity contribution in [1.82, 2.24) is 10.6 Å². The monoisotopic (exact) mass is 364 g/mol. The maximum Gasteiger partial charge on any atom is 0.339 e. The summed E-state index contributed by atoms with van der Waals surface area (Å²) in [5, 5.41) is 8.13. The Bertz CT molecular complexity index is 634. The van der Waals surface area contributed by atoms with E-state index in [0.717, 1.165) is 12.8 Å². The highest BCUT2D eigenvalue weighted by molar-refractivity contribution is 6.02. The molecular formula is C18H28N4O4. The van der Waals surface area contributed by atoms with E-state index in [1.54, 1.807) is 12.1 Å². The first-order valence-corrected chi connectivity index (χ1v) is 8.80. The highest BCUT2D eigenvalue weighted by atomic mass is 16.5. The molecule has 4 amide bonds. The molecule has 0 aliphatic rings. The highest BCUT2D eigenvalue weighted by Gasteiger charge is 2.19. The minimum Gasteiger partial charge on any atom is -0.465 e. The summed E-state index contributed by atoms with van der Waals surface area (Å²) in [5.41, 5.74) is 1.06. The molecule has 8 heteroatoms. The van der Waals surface area contributed by atoms with Gasteiger partial charge in [0.2, 0.25) is 0 Å². The van der Waals surface area contributed by atoms with Crippen molar-refractivity contribution in [3.05, 3.63) is 23.8 Å². The van der Waals surface area contributed by atoms with Crippen LogP contribution in [0.2, 0.25) is 0 Å². The normalized spacial score (nSPS) is 10.0. The molecule has 0 atom stereocenters. The molecule has 0 aromatic heterocycles. The molecule has 144 valence electrons. The quantitative estimate of drug-likeness (QED) is 0.488. The number of carbonyl (C=O) groups is 3. The number of hydrogen-bond donors (Lipinski definition) is 3. The molecule has 0 radical (unpaired) electrons. The second-order valence-corrected chi connectivity index (χ2v) is 5.54. The minimum atomic E-state index is -0.568. The first kappa shape index (κ1) is 21.3. The number of nitrogens with one attached hydrogen (secondary N) is 3. The molecule has 0 unspecified atom stereocenters. The van der Waals surface area contributed by atoms with Crippen molar-refractivity contribution < 1.29 is 19.1 Å². The number of amides is 4. The predicted molar refractivity (Wildman–Crippen MR) is 102 cm³/mol.